The average Bonchev–Trinajstić information content (AvgIpc) is 3.12. The molecule has 1 aromatic carbocycles. The third kappa shape index (κ3) is 3.35. The maximum atomic E-state index is 5.51. The van der Waals surface area contributed by atoms with E-state index in [1.54, 1.807) is 14.2 Å². The van der Waals surface area contributed by atoms with Gasteiger partial charge in [-0.3, -0.25) is 4.98 Å². The Morgan fingerprint density at radius 3 is 2.43 bits per heavy atom. The highest BCUT2D eigenvalue weighted by molar-refractivity contribution is 5.89. The van der Waals surface area contributed by atoms with Gasteiger partial charge in [-0.1, -0.05) is 13.8 Å². The number of rotatable bonds is 5. The molecule has 0 saturated carbocycles. The predicted octanol–water partition coefficient (Wildman–Crippen LogP) is 4.84. The summed E-state index contributed by atoms with van der Waals surface area (Å²) in [5.41, 5.74) is 6.86. The van der Waals surface area contributed by atoms with Crippen molar-refractivity contribution in [1.29, 1.82) is 0 Å². The number of hydrogen-bond donors (Lipinski definition) is 2. The molecule has 28 heavy (non-hydrogen) atoms. The van der Waals surface area contributed by atoms with Crippen LogP contribution >= 0.6 is 0 Å². The molecule has 0 atom stereocenters. The van der Waals surface area contributed by atoms with Crippen molar-refractivity contribution in [2.24, 2.45) is 0 Å². The van der Waals surface area contributed by atoms with Gasteiger partial charge in [-0.2, -0.15) is 0 Å². The van der Waals surface area contributed by atoms with Crippen molar-refractivity contribution in [1.82, 2.24) is 15.3 Å². The summed E-state index contributed by atoms with van der Waals surface area (Å²) in [6.45, 7) is 6.61. The first-order valence-electron chi connectivity index (χ1n) is 10.1. The number of aromatic nitrogens is 2. The summed E-state index contributed by atoms with van der Waals surface area (Å²) in [4.78, 5) is 8.74. The molecule has 5 heteroatoms. The van der Waals surface area contributed by atoms with Gasteiger partial charge in [0.15, 0.2) is 11.5 Å². The normalized spacial score (nSPS) is 15.3. The quantitative estimate of drug-likeness (QED) is 0.666. The Hall–Kier alpha value is -2.53. The van der Waals surface area contributed by atoms with Crippen LogP contribution in [0.5, 0.6) is 11.5 Å². The van der Waals surface area contributed by atoms with Crippen molar-refractivity contribution in [2.75, 3.05) is 27.3 Å². The molecule has 0 amide bonds. The standard InChI is InChI=1S/C23H29N3O2/c1-14(2)21-22(16-5-8-19(27-3)20(13-16)28-4)26-18-7-6-17(25-23(18)21)15-9-11-24-12-10-15/h5-8,13-15,24,26H,9-12H2,1-4H3. The topological polar surface area (TPSA) is 59.2 Å². The van der Waals surface area contributed by atoms with Crippen LogP contribution in [0.1, 0.15) is 49.8 Å². The summed E-state index contributed by atoms with van der Waals surface area (Å²) in [7, 11) is 3.33. The minimum Gasteiger partial charge on any atom is -0.493 e. The lowest BCUT2D eigenvalue weighted by Crippen LogP contribution is -2.27. The van der Waals surface area contributed by atoms with E-state index in [-0.39, 0.29) is 0 Å². The van der Waals surface area contributed by atoms with Crippen LogP contribution in [0.2, 0.25) is 0 Å². The van der Waals surface area contributed by atoms with Gasteiger partial charge in [0.2, 0.25) is 0 Å². The Labute approximate surface area is 166 Å². The number of pyridine rings is 1. The monoisotopic (exact) mass is 379 g/mol. The maximum Gasteiger partial charge on any atom is 0.161 e. The van der Waals surface area contributed by atoms with Gasteiger partial charge in [0, 0.05) is 22.7 Å². The number of hydrogen-bond acceptors (Lipinski definition) is 4. The van der Waals surface area contributed by atoms with Gasteiger partial charge in [-0.15, -0.1) is 0 Å². The van der Waals surface area contributed by atoms with E-state index >= 15 is 0 Å². The van der Waals surface area contributed by atoms with Crippen molar-refractivity contribution < 1.29 is 9.47 Å². The Kier molecular flexibility index (Phi) is 5.27. The fourth-order valence-corrected chi connectivity index (χ4v) is 4.23. The van der Waals surface area contributed by atoms with Crippen molar-refractivity contribution in [2.45, 2.75) is 38.5 Å². The number of benzene rings is 1. The lowest BCUT2D eigenvalue weighted by atomic mass is 9.93. The zero-order valence-electron chi connectivity index (χ0n) is 17.1. The molecule has 0 radical (unpaired) electrons. The molecule has 3 heterocycles. The number of nitrogens with zero attached hydrogens (tertiary/aromatic N) is 1. The second-order valence-corrected chi connectivity index (χ2v) is 7.79. The zero-order valence-corrected chi connectivity index (χ0v) is 17.1. The number of fused-ring (bicyclic) bond motifs is 1. The van der Waals surface area contributed by atoms with E-state index in [0.717, 1.165) is 59.7 Å². The van der Waals surface area contributed by atoms with E-state index < -0.39 is 0 Å². The third-order valence-electron chi connectivity index (χ3n) is 5.71. The lowest BCUT2D eigenvalue weighted by Gasteiger charge is -2.22. The fourth-order valence-electron chi connectivity index (χ4n) is 4.23. The summed E-state index contributed by atoms with van der Waals surface area (Å²) in [5.74, 6) is 2.37. The number of ether oxygens (including phenoxy) is 2. The number of methoxy groups -OCH3 is 2. The van der Waals surface area contributed by atoms with Crippen LogP contribution < -0.4 is 14.8 Å². The van der Waals surface area contributed by atoms with Crippen LogP contribution in [0, 0.1) is 0 Å². The third-order valence-corrected chi connectivity index (χ3v) is 5.71. The largest absolute Gasteiger partial charge is 0.493 e. The van der Waals surface area contributed by atoms with E-state index in [4.69, 9.17) is 14.5 Å². The van der Waals surface area contributed by atoms with Gasteiger partial charge < -0.3 is 19.8 Å². The highest BCUT2D eigenvalue weighted by Crippen LogP contribution is 2.39. The summed E-state index contributed by atoms with van der Waals surface area (Å²) < 4.78 is 10.9. The molecule has 2 N–H and O–H groups in total. The molecular formula is C23H29N3O2. The van der Waals surface area contributed by atoms with Gasteiger partial charge in [0.1, 0.15) is 0 Å². The first kappa shape index (κ1) is 18.8. The molecule has 3 aromatic rings. The Bertz CT molecular complexity index is 971. The Morgan fingerprint density at radius 2 is 1.75 bits per heavy atom. The van der Waals surface area contributed by atoms with Crippen LogP contribution in [0.15, 0.2) is 30.3 Å². The molecule has 0 unspecified atom stereocenters. The number of aromatic amines is 1. The van der Waals surface area contributed by atoms with Crippen molar-refractivity contribution in [3.8, 4) is 22.8 Å². The maximum absolute atomic E-state index is 5.51. The summed E-state index contributed by atoms with van der Waals surface area (Å²) in [6, 6.07) is 10.4. The van der Waals surface area contributed by atoms with Crippen LogP contribution in [0.25, 0.3) is 22.3 Å². The molecule has 1 fully saturated rings. The zero-order chi connectivity index (χ0) is 19.7. The Balaban J connectivity index is 1.83. The van der Waals surface area contributed by atoms with Crippen LogP contribution in [0.3, 0.4) is 0 Å². The number of H-pyrrole nitrogens is 1. The second-order valence-electron chi connectivity index (χ2n) is 7.79. The van der Waals surface area contributed by atoms with Gasteiger partial charge in [-0.05, 0) is 62.2 Å². The van der Waals surface area contributed by atoms with Gasteiger partial charge in [0.25, 0.3) is 0 Å². The molecule has 2 aromatic heterocycles. The summed E-state index contributed by atoms with van der Waals surface area (Å²) in [6.07, 6.45) is 2.31. The lowest BCUT2D eigenvalue weighted by molar-refractivity contribution is 0.355. The predicted molar refractivity (Wildman–Crippen MR) is 114 cm³/mol. The molecule has 0 aliphatic carbocycles. The van der Waals surface area contributed by atoms with Gasteiger partial charge in [0.05, 0.1) is 30.9 Å². The molecule has 148 valence electrons. The molecule has 1 aliphatic rings. The smallest absolute Gasteiger partial charge is 0.161 e. The number of nitrogens with one attached hydrogen (secondary N) is 2. The summed E-state index contributed by atoms with van der Waals surface area (Å²) in [5, 5.41) is 3.44. The van der Waals surface area contributed by atoms with Crippen LogP contribution in [-0.2, 0) is 0 Å². The second kappa shape index (κ2) is 7.84. The SMILES string of the molecule is COc1ccc(-c2[nH]c3ccc(C4CCNCC4)nc3c2C(C)C)cc1OC. The average molecular weight is 380 g/mol. The highest BCUT2D eigenvalue weighted by atomic mass is 16.5. The molecule has 5 nitrogen and oxygen atoms in total. The van der Waals surface area contributed by atoms with Gasteiger partial charge >= 0.3 is 0 Å². The molecule has 1 aliphatic heterocycles. The fraction of sp³-hybridized carbons (Fsp3) is 0.435. The minimum absolute atomic E-state index is 0.354. The minimum atomic E-state index is 0.354. The first-order chi connectivity index (χ1) is 13.6. The van der Waals surface area contributed by atoms with E-state index in [9.17, 15) is 0 Å². The van der Waals surface area contributed by atoms with Crippen LogP contribution in [-0.4, -0.2) is 37.3 Å². The van der Waals surface area contributed by atoms with E-state index in [2.05, 4.69) is 42.3 Å². The van der Waals surface area contributed by atoms with E-state index in [1.807, 2.05) is 12.1 Å². The van der Waals surface area contributed by atoms with E-state index in [0.29, 0.717) is 11.8 Å². The van der Waals surface area contributed by atoms with Crippen LogP contribution in [0.4, 0.5) is 0 Å². The van der Waals surface area contributed by atoms with Crippen molar-refractivity contribution >= 4 is 11.0 Å². The van der Waals surface area contributed by atoms with Crippen molar-refractivity contribution in [3.63, 3.8) is 0 Å². The Morgan fingerprint density at radius 1 is 1.00 bits per heavy atom. The molecule has 1 saturated heterocycles. The highest BCUT2D eigenvalue weighted by Gasteiger charge is 2.21. The molecule has 0 bridgehead atoms. The molecular weight excluding hydrogens is 350 g/mol. The summed E-state index contributed by atoms with van der Waals surface area (Å²) >= 11 is 0. The number of piperidine rings is 1. The molecule has 4 rings (SSSR count). The van der Waals surface area contributed by atoms with Crippen molar-refractivity contribution in [3.05, 3.63) is 41.6 Å². The van der Waals surface area contributed by atoms with E-state index in [1.165, 1.54) is 11.3 Å². The van der Waals surface area contributed by atoms with Gasteiger partial charge in [-0.25, -0.2) is 0 Å². The molecule has 0 spiro atoms. The first-order valence-corrected chi connectivity index (χ1v) is 10.1.